The number of carboxylic acids is 1. The van der Waals surface area contributed by atoms with E-state index < -0.39 is 30.3 Å². The smallest absolute Gasteiger partial charge is 0.329 e. The predicted octanol–water partition coefficient (Wildman–Crippen LogP) is 3.16. The maximum atomic E-state index is 12.9. The van der Waals surface area contributed by atoms with Gasteiger partial charge in [-0.15, -0.1) is 10.2 Å². The van der Waals surface area contributed by atoms with Gasteiger partial charge in [0.05, 0.1) is 13.0 Å². The number of rotatable bonds is 9. The number of H-pyrrole nitrogens is 1. The lowest BCUT2D eigenvalue weighted by Crippen LogP contribution is -2.43. The highest BCUT2D eigenvalue weighted by Gasteiger charge is 2.25. The number of esters is 1. The average molecular weight is 513 g/mol. The van der Waals surface area contributed by atoms with Gasteiger partial charge in [-0.1, -0.05) is 30.3 Å². The van der Waals surface area contributed by atoms with Crippen molar-refractivity contribution < 1.29 is 24.2 Å². The first-order valence-corrected chi connectivity index (χ1v) is 12.0. The van der Waals surface area contributed by atoms with Crippen LogP contribution in [0.3, 0.4) is 0 Å². The van der Waals surface area contributed by atoms with Gasteiger partial charge in [-0.2, -0.15) is 5.21 Å². The van der Waals surface area contributed by atoms with Gasteiger partial charge in [-0.3, -0.25) is 9.59 Å². The van der Waals surface area contributed by atoms with Crippen LogP contribution in [0.4, 0.5) is 0 Å². The number of aliphatic carboxylic acids is 1. The summed E-state index contributed by atoms with van der Waals surface area (Å²) in [7, 11) is 0. The first-order valence-electron chi connectivity index (χ1n) is 12.0. The molecule has 0 radical (unpaired) electrons. The Labute approximate surface area is 216 Å². The van der Waals surface area contributed by atoms with Gasteiger partial charge >= 0.3 is 11.9 Å². The number of nitrogens with one attached hydrogen (secondary N) is 2. The Bertz CT molecular complexity index is 1640. The third kappa shape index (κ3) is 4.94. The number of tetrazole rings is 1. The minimum Gasteiger partial charge on any atom is -0.481 e. The fourth-order valence-electron chi connectivity index (χ4n) is 4.49. The van der Waals surface area contributed by atoms with Crippen molar-refractivity contribution in [1.29, 1.82) is 0 Å². The molecule has 0 aliphatic heterocycles. The molecule has 0 saturated carbocycles. The van der Waals surface area contributed by atoms with Crippen LogP contribution in [0.5, 0.6) is 0 Å². The van der Waals surface area contributed by atoms with Gasteiger partial charge in [0.15, 0.2) is 0 Å². The number of ether oxygens (including phenoxy) is 1. The normalized spacial score (nSPS) is 11.9. The summed E-state index contributed by atoms with van der Waals surface area (Å²) in [5.74, 6) is -2.06. The number of fused-ring (bicyclic) bond motifs is 3. The number of benzene rings is 3. The third-order valence-electron chi connectivity index (χ3n) is 6.16. The van der Waals surface area contributed by atoms with Crippen molar-refractivity contribution in [3.8, 4) is 11.4 Å². The summed E-state index contributed by atoms with van der Waals surface area (Å²) in [5, 5.41) is 28.0. The maximum absolute atomic E-state index is 12.9. The molecule has 3 aromatic carbocycles. The van der Waals surface area contributed by atoms with Crippen LogP contribution in [0.15, 0.2) is 66.7 Å². The van der Waals surface area contributed by atoms with E-state index in [1.807, 2.05) is 42.5 Å². The molecule has 5 rings (SSSR count). The molecule has 0 fully saturated rings. The van der Waals surface area contributed by atoms with Crippen molar-refractivity contribution in [3.05, 3.63) is 77.9 Å². The molecular weight excluding hydrogens is 488 g/mol. The zero-order valence-electron chi connectivity index (χ0n) is 20.4. The lowest BCUT2D eigenvalue weighted by atomic mass is 10.1. The van der Waals surface area contributed by atoms with Crippen LogP contribution >= 0.6 is 0 Å². The van der Waals surface area contributed by atoms with Crippen LogP contribution < -0.4 is 5.32 Å². The molecule has 1 unspecified atom stereocenters. The van der Waals surface area contributed by atoms with Crippen LogP contribution in [0, 0.1) is 0 Å². The monoisotopic (exact) mass is 512 g/mol. The summed E-state index contributed by atoms with van der Waals surface area (Å²) in [4.78, 5) is 36.3. The van der Waals surface area contributed by atoms with E-state index in [4.69, 9.17) is 9.84 Å². The fourth-order valence-corrected chi connectivity index (χ4v) is 4.49. The molecule has 192 valence electrons. The Morgan fingerprint density at radius 3 is 2.61 bits per heavy atom. The number of hydrogen-bond acceptors (Lipinski definition) is 7. The summed E-state index contributed by atoms with van der Waals surface area (Å²) >= 11 is 0. The minimum atomic E-state index is -1.28. The average Bonchev–Trinajstić information content (AvgIpc) is 3.56. The zero-order valence-corrected chi connectivity index (χ0v) is 20.4. The van der Waals surface area contributed by atoms with E-state index in [0.717, 1.165) is 32.9 Å². The lowest BCUT2D eigenvalue weighted by molar-refractivity contribution is -0.149. The van der Waals surface area contributed by atoms with Crippen LogP contribution in [0.25, 0.3) is 33.2 Å². The number of carbonyl (C=O) groups is 3. The van der Waals surface area contributed by atoms with Gasteiger partial charge in [-0.05, 0) is 54.1 Å². The minimum absolute atomic E-state index is 0.0791. The van der Waals surface area contributed by atoms with Crippen molar-refractivity contribution in [2.75, 3.05) is 6.61 Å². The SMILES string of the molecule is CCOC(=O)C(CC(=O)O)NC(=O)c1cccc(Cn2c3ccccc3c3cc(-c4nn[nH]n4)ccc32)c1. The largest absolute Gasteiger partial charge is 0.481 e. The Morgan fingerprint density at radius 2 is 1.84 bits per heavy atom. The molecule has 0 bridgehead atoms. The number of carbonyl (C=O) groups excluding carboxylic acids is 2. The van der Waals surface area contributed by atoms with Gasteiger partial charge in [0.25, 0.3) is 5.91 Å². The van der Waals surface area contributed by atoms with Crippen molar-refractivity contribution in [3.63, 3.8) is 0 Å². The second-order valence-electron chi connectivity index (χ2n) is 8.65. The van der Waals surface area contributed by atoms with Gasteiger partial charge < -0.3 is 19.7 Å². The second kappa shape index (κ2) is 10.5. The number of carboxylic acid groups (broad SMARTS) is 1. The molecule has 0 spiro atoms. The molecule has 3 N–H and O–H groups in total. The standard InChI is InChI=1S/C27H24N6O5/c1-2-38-27(37)21(14-24(34)35)28-26(36)18-7-5-6-16(12-18)15-33-22-9-4-3-8-19(22)20-13-17(10-11-23(20)33)25-29-31-32-30-25/h3-13,21H,2,14-15H2,1H3,(H,28,36)(H,34,35)(H,29,30,31,32). The highest BCUT2D eigenvalue weighted by molar-refractivity contribution is 6.09. The van der Waals surface area contributed by atoms with Crippen molar-refractivity contribution in [1.82, 2.24) is 30.5 Å². The first kappa shape index (κ1) is 24.6. The van der Waals surface area contributed by atoms with Gasteiger partial charge in [-0.25, -0.2) is 4.79 Å². The Kier molecular flexibility index (Phi) is 6.81. The van der Waals surface area contributed by atoms with Gasteiger partial charge in [0.2, 0.25) is 5.82 Å². The quantitative estimate of drug-likeness (QED) is 0.255. The molecule has 0 aliphatic carbocycles. The van der Waals surface area contributed by atoms with E-state index >= 15 is 0 Å². The molecule has 11 heteroatoms. The van der Waals surface area contributed by atoms with Gasteiger partial charge in [0.1, 0.15) is 6.04 Å². The number of nitrogens with zero attached hydrogens (tertiary/aromatic N) is 4. The summed E-state index contributed by atoms with van der Waals surface area (Å²) in [6.07, 6.45) is -0.572. The number of aromatic amines is 1. The van der Waals surface area contributed by atoms with E-state index in [2.05, 4.69) is 36.6 Å². The van der Waals surface area contributed by atoms with Crippen LogP contribution in [0.2, 0.25) is 0 Å². The lowest BCUT2D eigenvalue weighted by Gasteiger charge is -2.16. The van der Waals surface area contributed by atoms with E-state index in [-0.39, 0.29) is 6.61 Å². The van der Waals surface area contributed by atoms with Gasteiger partial charge in [0, 0.05) is 39.5 Å². The number of hydrogen-bond donors (Lipinski definition) is 3. The molecule has 0 aliphatic rings. The predicted molar refractivity (Wildman–Crippen MR) is 138 cm³/mol. The third-order valence-corrected chi connectivity index (χ3v) is 6.16. The van der Waals surface area contributed by atoms with Crippen molar-refractivity contribution in [2.45, 2.75) is 25.9 Å². The van der Waals surface area contributed by atoms with Crippen LogP contribution in [-0.2, 0) is 20.9 Å². The maximum Gasteiger partial charge on any atom is 0.329 e. The number of para-hydroxylation sites is 1. The summed E-state index contributed by atoms with van der Waals surface area (Å²) < 4.78 is 7.08. The molecule has 38 heavy (non-hydrogen) atoms. The van der Waals surface area contributed by atoms with Crippen LogP contribution in [-0.4, -0.2) is 60.8 Å². The summed E-state index contributed by atoms with van der Waals surface area (Å²) in [5.41, 5.74) is 4.02. The molecule has 0 saturated heterocycles. The van der Waals surface area contributed by atoms with E-state index in [0.29, 0.717) is 17.9 Å². The molecular formula is C27H24N6O5. The topological polar surface area (TPSA) is 152 Å². The molecule has 11 nitrogen and oxygen atoms in total. The fraction of sp³-hybridized carbons (Fsp3) is 0.185. The Morgan fingerprint density at radius 1 is 1.03 bits per heavy atom. The number of amides is 1. The highest BCUT2D eigenvalue weighted by Crippen LogP contribution is 2.32. The van der Waals surface area contributed by atoms with E-state index in [1.54, 1.807) is 25.1 Å². The molecule has 2 aromatic heterocycles. The highest BCUT2D eigenvalue weighted by atomic mass is 16.5. The van der Waals surface area contributed by atoms with E-state index in [1.165, 1.54) is 0 Å². The molecule has 5 aromatic rings. The van der Waals surface area contributed by atoms with Crippen LogP contribution in [0.1, 0.15) is 29.3 Å². The zero-order chi connectivity index (χ0) is 26.6. The van der Waals surface area contributed by atoms with Crippen molar-refractivity contribution in [2.24, 2.45) is 0 Å². The number of aromatic nitrogens is 5. The first-order chi connectivity index (χ1) is 18.4. The summed E-state index contributed by atoms with van der Waals surface area (Å²) in [6, 6.07) is 19.7. The summed E-state index contributed by atoms with van der Waals surface area (Å²) in [6.45, 7) is 2.17. The Hall–Kier alpha value is -5.06. The Balaban J connectivity index is 1.46. The molecule has 2 heterocycles. The second-order valence-corrected chi connectivity index (χ2v) is 8.65. The van der Waals surface area contributed by atoms with E-state index in [9.17, 15) is 14.4 Å². The molecule has 1 amide bonds. The molecule has 1 atom stereocenters. The van der Waals surface area contributed by atoms with Crippen molar-refractivity contribution >= 4 is 39.7 Å².